The number of rotatable bonds is 7. The van der Waals surface area contributed by atoms with Crippen LogP contribution >= 0.6 is 11.6 Å². The smallest absolute Gasteiger partial charge is 0.406 e. The maximum Gasteiger partial charge on any atom is 0.573 e. The lowest BCUT2D eigenvalue weighted by Gasteiger charge is -2.27. The number of nitrogens with one attached hydrogen (secondary N) is 2. The molecular weight excluding hydrogens is 467 g/mol. The molecule has 1 aromatic carbocycles. The number of nitrogens with zero attached hydrogens (tertiary/aromatic N) is 2. The average molecular weight is 492 g/mol. The van der Waals surface area contributed by atoms with Gasteiger partial charge in [0.25, 0.3) is 0 Å². The Hall–Kier alpha value is -3.04. The van der Waals surface area contributed by atoms with Gasteiger partial charge in [0.05, 0.1) is 10.7 Å². The molecule has 0 unspecified atom stereocenters. The quantitative estimate of drug-likeness (QED) is 0.376. The van der Waals surface area contributed by atoms with E-state index in [0.717, 1.165) is 42.6 Å². The molecule has 6 nitrogen and oxygen atoms in total. The Bertz CT molecular complexity index is 1120. The lowest BCUT2D eigenvalue weighted by Crippen LogP contribution is -2.33. The first-order valence-corrected chi connectivity index (χ1v) is 11.3. The van der Waals surface area contributed by atoms with Crippen LogP contribution in [0.3, 0.4) is 0 Å². The van der Waals surface area contributed by atoms with Crippen molar-refractivity contribution in [2.24, 2.45) is 5.73 Å². The molecule has 0 saturated heterocycles. The summed E-state index contributed by atoms with van der Waals surface area (Å²) >= 11 is 6.43. The van der Waals surface area contributed by atoms with Gasteiger partial charge in [-0.05, 0) is 55.5 Å². The summed E-state index contributed by atoms with van der Waals surface area (Å²) in [5, 5.41) is 7.14. The van der Waals surface area contributed by atoms with Crippen LogP contribution in [0, 0.1) is 0 Å². The Morgan fingerprint density at radius 2 is 1.85 bits per heavy atom. The van der Waals surface area contributed by atoms with Gasteiger partial charge >= 0.3 is 6.36 Å². The monoisotopic (exact) mass is 491 g/mol. The molecule has 0 amide bonds. The van der Waals surface area contributed by atoms with Gasteiger partial charge < -0.3 is 21.1 Å². The van der Waals surface area contributed by atoms with Crippen molar-refractivity contribution < 1.29 is 17.9 Å². The van der Waals surface area contributed by atoms with Crippen molar-refractivity contribution in [2.45, 2.75) is 50.7 Å². The summed E-state index contributed by atoms with van der Waals surface area (Å²) < 4.78 is 41.4. The highest BCUT2D eigenvalue weighted by Gasteiger charge is 2.31. The number of nitrogens with two attached hydrogens (primary N) is 1. The van der Waals surface area contributed by atoms with E-state index in [0.29, 0.717) is 28.9 Å². The van der Waals surface area contributed by atoms with Crippen LogP contribution in [0.15, 0.2) is 55.0 Å². The third kappa shape index (κ3) is 6.74. The van der Waals surface area contributed by atoms with Crippen LogP contribution in [0.5, 0.6) is 5.75 Å². The van der Waals surface area contributed by atoms with E-state index in [1.54, 1.807) is 24.7 Å². The number of hydrogen-bond donors (Lipinski definition) is 3. The summed E-state index contributed by atoms with van der Waals surface area (Å²) in [7, 11) is 0. The molecule has 1 saturated carbocycles. The number of aromatic nitrogens is 2. The molecule has 2 heterocycles. The van der Waals surface area contributed by atoms with Crippen LogP contribution in [0.2, 0.25) is 5.02 Å². The summed E-state index contributed by atoms with van der Waals surface area (Å²) in [6, 6.07) is 10.2. The Morgan fingerprint density at radius 3 is 2.62 bits per heavy atom. The molecule has 4 rings (SSSR count). The highest BCUT2D eigenvalue weighted by Crippen LogP contribution is 2.31. The molecule has 3 aromatic rings. The Kier molecular flexibility index (Phi) is 7.43. The summed E-state index contributed by atoms with van der Waals surface area (Å²) in [5.41, 5.74) is 8.90. The minimum absolute atomic E-state index is 0.262. The molecule has 2 aromatic heterocycles. The van der Waals surface area contributed by atoms with Crippen LogP contribution in [-0.4, -0.2) is 28.4 Å². The van der Waals surface area contributed by atoms with E-state index in [-0.39, 0.29) is 11.8 Å². The molecular formula is C24H25ClF3N5O. The lowest BCUT2D eigenvalue weighted by atomic mass is 9.92. The topological polar surface area (TPSA) is 85.1 Å². The number of pyridine rings is 2. The van der Waals surface area contributed by atoms with Crippen LogP contribution in [-0.2, 0) is 6.54 Å². The number of ether oxygens (including phenoxy) is 1. The highest BCUT2D eigenvalue weighted by molar-refractivity contribution is 6.33. The molecule has 4 N–H and O–H groups in total. The molecule has 1 fully saturated rings. The molecule has 180 valence electrons. The fraction of sp³-hybridized carbons (Fsp3) is 0.333. The van der Waals surface area contributed by atoms with Gasteiger partial charge in [-0.25, -0.2) is 4.98 Å². The van der Waals surface area contributed by atoms with E-state index in [9.17, 15) is 13.2 Å². The largest absolute Gasteiger partial charge is 0.573 e. The van der Waals surface area contributed by atoms with Gasteiger partial charge in [-0.1, -0.05) is 23.7 Å². The van der Waals surface area contributed by atoms with Crippen LogP contribution in [0.4, 0.5) is 24.7 Å². The molecule has 0 atom stereocenters. The van der Waals surface area contributed by atoms with E-state index in [1.807, 2.05) is 12.1 Å². The molecule has 0 bridgehead atoms. The van der Waals surface area contributed by atoms with Crippen LogP contribution in [0.25, 0.3) is 11.1 Å². The number of hydrogen-bond acceptors (Lipinski definition) is 6. The van der Waals surface area contributed by atoms with Crippen molar-refractivity contribution in [3.63, 3.8) is 0 Å². The highest BCUT2D eigenvalue weighted by atomic mass is 35.5. The first-order chi connectivity index (χ1) is 16.2. The number of halogens is 4. The summed E-state index contributed by atoms with van der Waals surface area (Å²) in [4.78, 5) is 8.69. The predicted molar refractivity (Wildman–Crippen MR) is 127 cm³/mol. The number of anilines is 2. The van der Waals surface area contributed by atoms with Crippen molar-refractivity contribution >= 4 is 23.1 Å². The molecule has 0 aliphatic heterocycles. The van der Waals surface area contributed by atoms with E-state index in [1.165, 1.54) is 18.2 Å². The van der Waals surface area contributed by atoms with E-state index in [4.69, 9.17) is 17.3 Å². The molecule has 1 aliphatic carbocycles. The second kappa shape index (κ2) is 10.5. The van der Waals surface area contributed by atoms with Crippen LogP contribution in [0.1, 0.15) is 31.2 Å². The van der Waals surface area contributed by atoms with Gasteiger partial charge in [-0.2, -0.15) is 0 Å². The minimum Gasteiger partial charge on any atom is -0.406 e. The molecule has 10 heteroatoms. The molecule has 0 spiro atoms. The second-order valence-corrected chi connectivity index (χ2v) is 8.72. The van der Waals surface area contributed by atoms with Gasteiger partial charge in [-0.15, -0.1) is 13.2 Å². The zero-order chi connectivity index (χ0) is 24.1. The summed E-state index contributed by atoms with van der Waals surface area (Å²) in [5.74, 6) is 0.474. The fourth-order valence-electron chi connectivity index (χ4n) is 3.95. The van der Waals surface area contributed by atoms with E-state index < -0.39 is 6.36 Å². The van der Waals surface area contributed by atoms with Crippen molar-refractivity contribution in [2.75, 3.05) is 10.6 Å². The van der Waals surface area contributed by atoms with Gasteiger partial charge in [0, 0.05) is 48.3 Å². The van der Waals surface area contributed by atoms with Gasteiger partial charge in [0.1, 0.15) is 11.6 Å². The van der Waals surface area contributed by atoms with Crippen LogP contribution < -0.4 is 21.1 Å². The van der Waals surface area contributed by atoms with Crippen molar-refractivity contribution in [1.82, 2.24) is 9.97 Å². The number of alkyl halides is 3. The minimum atomic E-state index is -4.73. The Balaban J connectivity index is 1.45. The van der Waals surface area contributed by atoms with Gasteiger partial charge in [0.2, 0.25) is 0 Å². The van der Waals surface area contributed by atoms with E-state index in [2.05, 4.69) is 25.3 Å². The summed E-state index contributed by atoms with van der Waals surface area (Å²) in [6.45, 7) is 0.293. The van der Waals surface area contributed by atoms with E-state index >= 15 is 0 Å². The number of benzene rings is 1. The maximum absolute atomic E-state index is 12.5. The van der Waals surface area contributed by atoms with Gasteiger partial charge in [0.15, 0.2) is 0 Å². The second-order valence-electron chi connectivity index (χ2n) is 8.32. The van der Waals surface area contributed by atoms with Crippen molar-refractivity contribution in [1.29, 1.82) is 0 Å². The Labute approximate surface area is 200 Å². The predicted octanol–water partition coefficient (Wildman–Crippen LogP) is 5.99. The molecule has 1 aliphatic rings. The summed E-state index contributed by atoms with van der Waals surface area (Å²) in [6.07, 6.45) is 4.19. The average Bonchev–Trinajstić information content (AvgIpc) is 2.80. The maximum atomic E-state index is 12.5. The zero-order valence-electron chi connectivity index (χ0n) is 18.3. The van der Waals surface area contributed by atoms with Crippen molar-refractivity contribution in [3.05, 3.63) is 65.6 Å². The fourth-order valence-corrected chi connectivity index (χ4v) is 4.16. The molecule has 0 radical (unpaired) electrons. The normalized spacial score (nSPS) is 18.4. The molecule has 34 heavy (non-hydrogen) atoms. The third-order valence-corrected chi connectivity index (χ3v) is 5.96. The standard InChI is InChI=1S/C24H25ClF3N5O/c25-22-14-32-23(33-18-6-4-17(29)5-7-18)10-21(22)16-9-19(13-30-12-16)31-11-15-2-1-3-20(8-15)34-24(26,27)28/h1-3,8-10,12-14,17-18,31H,4-7,11,29H2,(H,32,33)/t17-,18-. The lowest BCUT2D eigenvalue weighted by molar-refractivity contribution is -0.274. The Morgan fingerprint density at radius 1 is 1.06 bits per heavy atom. The third-order valence-electron chi connectivity index (χ3n) is 5.66. The van der Waals surface area contributed by atoms with Crippen molar-refractivity contribution in [3.8, 4) is 16.9 Å². The first kappa shape index (κ1) is 24.1. The SMILES string of the molecule is N[C@H]1CC[C@H](Nc2cc(-c3cncc(NCc4cccc(OC(F)(F)F)c4)c3)c(Cl)cn2)CC1. The van der Waals surface area contributed by atoms with Gasteiger partial charge in [-0.3, -0.25) is 4.98 Å². The first-order valence-electron chi connectivity index (χ1n) is 11.0. The zero-order valence-corrected chi connectivity index (χ0v) is 19.0.